The summed E-state index contributed by atoms with van der Waals surface area (Å²) in [5.74, 6) is 0.766. The van der Waals surface area contributed by atoms with Crippen LogP contribution in [0.5, 0.6) is 11.5 Å². The summed E-state index contributed by atoms with van der Waals surface area (Å²) in [6.07, 6.45) is 1.90. The van der Waals surface area contributed by atoms with Gasteiger partial charge in [0.25, 0.3) is 15.9 Å². The molecule has 8 heteroatoms. The van der Waals surface area contributed by atoms with Gasteiger partial charge in [-0.2, -0.15) is 0 Å². The van der Waals surface area contributed by atoms with Crippen LogP contribution in [0.25, 0.3) is 0 Å². The van der Waals surface area contributed by atoms with Gasteiger partial charge < -0.3 is 14.4 Å². The Labute approximate surface area is 158 Å². The van der Waals surface area contributed by atoms with Crippen LogP contribution in [0.3, 0.4) is 0 Å². The number of sulfonamides is 1. The van der Waals surface area contributed by atoms with Crippen molar-refractivity contribution in [3.63, 3.8) is 0 Å². The number of rotatable bonds is 6. The van der Waals surface area contributed by atoms with Gasteiger partial charge in [0.2, 0.25) is 0 Å². The highest BCUT2D eigenvalue weighted by atomic mass is 32.2. The Morgan fingerprint density at radius 1 is 1.00 bits per heavy atom. The molecule has 0 atom stereocenters. The largest absolute Gasteiger partial charge is 0.497 e. The van der Waals surface area contributed by atoms with E-state index >= 15 is 0 Å². The summed E-state index contributed by atoms with van der Waals surface area (Å²) >= 11 is 0. The second-order valence-electron chi connectivity index (χ2n) is 6.20. The number of amides is 1. The van der Waals surface area contributed by atoms with Gasteiger partial charge in [0.05, 0.1) is 24.7 Å². The highest BCUT2D eigenvalue weighted by Crippen LogP contribution is 2.27. The van der Waals surface area contributed by atoms with E-state index in [1.807, 2.05) is 0 Å². The molecule has 0 aromatic heterocycles. The molecule has 0 unspecified atom stereocenters. The number of carbonyl (C=O) groups excluding carboxylic acids is 1. The van der Waals surface area contributed by atoms with Crippen LogP contribution in [0.2, 0.25) is 0 Å². The summed E-state index contributed by atoms with van der Waals surface area (Å²) in [5, 5.41) is 0. The summed E-state index contributed by atoms with van der Waals surface area (Å²) in [7, 11) is -0.859. The average Bonchev–Trinajstić information content (AvgIpc) is 3.22. The molecular formula is C19H22N2O5S. The fourth-order valence-electron chi connectivity index (χ4n) is 2.99. The van der Waals surface area contributed by atoms with E-state index in [1.165, 1.54) is 32.4 Å². The van der Waals surface area contributed by atoms with Crippen molar-refractivity contribution >= 4 is 21.6 Å². The molecule has 2 aromatic carbocycles. The van der Waals surface area contributed by atoms with E-state index in [1.54, 1.807) is 29.2 Å². The maximum absolute atomic E-state index is 12.8. The third-order valence-corrected chi connectivity index (χ3v) is 5.83. The minimum Gasteiger partial charge on any atom is -0.497 e. The molecule has 0 spiro atoms. The lowest BCUT2D eigenvalue weighted by Crippen LogP contribution is -2.28. The molecule has 1 amide bonds. The Kier molecular flexibility index (Phi) is 5.55. The predicted molar refractivity (Wildman–Crippen MR) is 102 cm³/mol. The average molecular weight is 390 g/mol. The number of nitrogens with one attached hydrogen (secondary N) is 1. The zero-order valence-electron chi connectivity index (χ0n) is 15.3. The van der Waals surface area contributed by atoms with E-state index in [-0.39, 0.29) is 16.4 Å². The van der Waals surface area contributed by atoms with E-state index in [4.69, 9.17) is 9.47 Å². The molecule has 1 aliphatic rings. The number of ether oxygens (including phenoxy) is 2. The molecule has 1 aliphatic heterocycles. The highest BCUT2D eigenvalue weighted by molar-refractivity contribution is 7.92. The molecule has 1 heterocycles. The second-order valence-corrected chi connectivity index (χ2v) is 7.88. The molecule has 0 aliphatic carbocycles. The Morgan fingerprint density at radius 3 is 2.26 bits per heavy atom. The van der Waals surface area contributed by atoms with Gasteiger partial charge in [0.1, 0.15) is 11.5 Å². The molecular weight excluding hydrogens is 368 g/mol. The van der Waals surface area contributed by atoms with Gasteiger partial charge in [-0.3, -0.25) is 9.52 Å². The Bertz CT molecular complexity index is 920. The lowest BCUT2D eigenvalue weighted by Gasteiger charge is -2.18. The molecule has 7 nitrogen and oxygen atoms in total. The molecule has 1 N–H and O–H groups in total. The predicted octanol–water partition coefficient (Wildman–Crippen LogP) is 2.74. The zero-order valence-corrected chi connectivity index (χ0v) is 16.1. The van der Waals surface area contributed by atoms with Crippen molar-refractivity contribution in [2.24, 2.45) is 0 Å². The first-order valence-electron chi connectivity index (χ1n) is 8.59. The number of anilines is 1. The molecule has 1 saturated heterocycles. The summed E-state index contributed by atoms with van der Waals surface area (Å²) in [5.41, 5.74) is 0.649. The Balaban J connectivity index is 1.90. The van der Waals surface area contributed by atoms with Gasteiger partial charge in [0.15, 0.2) is 0 Å². The van der Waals surface area contributed by atoms with Crippen LogP contribution in [0.15, 0.2) is 47.4 Å². The molecule has 27 heavy (non-hydrogen) atoms. The maximum atomic E-state index is 12.8. The van der Waals surface area contributed by atoms with Crippen molar-refractivity contribution in [3.8, 4) is 11.5 Å². The van der Waals surface area contributed by atoms with Gasteiger partial charge in [0, 0.05) is 18.8 Å². The van der Waals surface area contributed by atoms with Gasteiger partial charge in [-0.25, -0.2) is 8.42 Å². The van der Waals surface area contributed by atoms with Crippen molar-refractivity contribution in [1.82, 2.24) is 4.90 Å². The van der Waals surface area contributed by atoms with Gasteiger partial charge in [-0.15, -0.1) is 0 Å². The molecule has 3 rings (SSSR count). The van der Waals surface area contributed by atoms with Crippen LogP contribution in [0.1, 0.15) is 23.2 Å². The maximum Gasteiger partial charge on any atom is 0.261 e. The van der Waals surface area contributed by atoms with Crippen molar-refractivity contribution in [3.05, 3.63) is 48.0 Å². The lowest BCUT2D eigenvalue weighted by atomic mass is 10.1. The number of hydrogen-bond donors (Lipinski definition) is 1. The van der Waals surface area contributed by atoms with E-state index in [0.717, 1.165) is 12.8 Å². The van der Waals surface area contributed by atoms with Crippen molar-refractivity contribution in [2.45, 2.75) is 17.7 Å². The van der Waals surface area contributed by atoms with Crippen LogP contribution < -0.4 is 14.2 Å². The molecule has 1 fully saturated rings. The number of likely N-dealkylation sites (tertiary alicyclic amines) is 1. The van der Waals surface area contributed by atoms with E-state index in [2.05, 4.69) is 4.72 Å². The summed E-state index contributed by atoms with van der Waals surface area (Å²) in [6, 6.07) is 10.8. The van der Waals surface area contributed by atoms with Crippen LogP contribution in [-0.4, -0.2) is 46.5 Å². The summed E-state index contributed by atoms with van der Waals surface area (Å²) < 4.78 is 38.3. The number of benzene rings is 2. The van der Waals surface area contributed by atoms with Crippen LogP contribution >= 0.6 is 0 Å². The summed E-state index contributed by atoms with van der Waals surface area (Å²) in [4.78, 5) is 14.5. The van der Waals surface area contributed by atoms with Crippen molar-refractivity contribution in [2.75, 3.05) is 32.0 Å². The Morgan fingerprint density at radius 2 is 1.67 bits per heavy atom. The van der Waals surface area contributed by atoms with Crippen LogP contribution in [0.4, 0.5) is 5.69 Å². The standard InChI is InChI=1S/C19H22N2O5S/c1-25-15-7-5-14(6-8-15)20-27(23,24)16-9-10-18(26-2)17(13-16)19(22)21-11-3-4-12-21/h5-10,13,20H,3-4,11-12H2,1-2H3. The van der Waals surface area contributed by atoms with E-state index in [9.17, 15) is 13.2 Å². The van der Waals surface area contributed by atoms with Crippen LogP contribution in [-0.2, 0) is 10.0 Å². The highest BCUT2D eigenvalue weighted by Gasteiger charge is 2.25. The van der Waals surface area contributed by atoms with E-state index < -0.39 is 10.0 Å². The smallest absolute Gasteiger partial charge is 0.261 e. The van der Waals surface area contributed by atoms with E-state index in [0.29, 0.717) is 30.3 Å². The monoisotopic (exact) mass is 390 g/mol. The fourth-order valence-corrected chi connectivity index (χ4v) is 4.07. The van der Waals surface area contributed by atoms with Gasteiger partial charge >= 0.3 is 0 Å². The first kappa shape index (κ1) is 19.0. The first-order chi connectivity index (χ1) is 12.9. The third-order valence-electron chi connectivity index (χ3n) is 4.45. The normalized spacial score (nSPS) is 14.1. The van der Waals surface area contributed by atoms with Gasteiger partial charge in [-0.1, -0.05) is 0 Å². The molecule has 144 valence electrons. The lowest BCUT2D eigenvalue weighted by molar-refractivity contribution is 0.0789. The number of carbonyl (C=O) groups is 1. The minimum absolute atomic E-state index is 0.00154. The van der Waals surface area contributed by atoms with Crippen molar-refractivity contribution < 1.29 is 22.7 Å². The SMILES string of the molecule is COc1ccc(NS(=O)(=O)c2ccc(OC)c(C(=O)N3CCCC3)c2)cc1. The number of nitrogens with zero attached hydrogens (tertiary/aromatic N) is 1. The number of methoxy groups -OCH3 is 2. The molecule has 0 bridgehead atoms. The molecule has 0 radical (unpaired) electrons. The van der Waals surface area contributed by atoms with Gasteiger partial charge in [-0.05, 0) is 55.3 Å². The molecule has 0 saturated carbocycles. The topological polar surface area (TPSA) is 84.9 Å². The quantitative estimate of drug-likeness (QED) is 0.820. The zero-order chi connectivity index (χ0) is 19.4. The Hall–Kier alpha value is -2.74. The molecule has 2 aromatic rings. The number of hydrogen-bond acceptors (Lipinski definition) is 5. The second kappa shape index (κ2) is 7.87. The summed E-state index contributed by atoms with van der Waals surface area (Å²) in [6.45, 7) is 1.34. The van der Waals surface area contributed by atoms with Crippen LogP contribution in [0, 0.1) is 0 Å². The first-order valence-corrected chi connectivity index (χ1v) is 10.1. The fraction of sp³-hybridized carbons (Fsp3) is 0.316. The third kappa shape index (κ3) is 4.16. The van der Waals surface area contributed by atoms with Crippen molar-refractivity contribution in [1.29, 1.82) is 0 Å². The minimum atomic E-state index is -3.85.